The highest BCUT2D eigenvalue weighted by atomic mass is 16.4. The van der Waals surface area contributed by atoms with Crippen molar-refractivity contribution in [1.82, 2.24) is 0 Å². The van der Waals surface area contributed by atoms with Crippen LogP contribution in [0.15, 0.2) is 30.3 Å². The molecule has 0 atom stereocenters. The first-order chi connectivity index (χ1) is 5.68. The molecule has 0 saturated carbocycles. The lowest BCUT2D eigenvalue weighted by Gasteiger charge is -1.92. The third-order valence-electron chi connectivity index (χ3n) is 1.35. The van der Waals surface area contributed by atoms with Gasteiger partial charge in [-0.05, 0) is 23.8 Å². The summed E-state index contributed by atoms with van der Waals surface area (Å²) in [6.45, 7) is 0. The quantitative estimate of drug-likeness (QED) is 0.511. The number of nitrogens with two attached hydrogens (primary N) is 1. The van der Waals surface area contributed by atoms with E-state index in [1.54, 1.807) is 24.3 Å². The highest BCUT2D eigenvalue weighted by molar-refractivity contribution is 5.85. The van der Waals surface area contributed by atoms with E-state index < -0.39 is 5.97 Å². The van der Waals surface area contributed by atoms with Gasteiger partial charge >= 0.3 is 5.97 Å². The van der Waals surface area contributed by atoms with E-state index in [2.05, 4.69) is 0 Å². The molecule has 0 aliphatic heterocycles. The molecule has 0 radical (unpaired) electrons. The average Bonchev–Trinajstić information content (AvgIpc) is 2.03. The van der Waals surface area contributed by atoms with Gasteiger partial charge in [0.25, 0.3) is 0 Å². The van der Waals surface area contributed by atoms with Gasteiger partial charge < -0.3 is 10.8 Å². The highest BCUT2D eigenvalue weighted by Gasteiger charge is 1.88. The average molecular weight is 163 g/mol. The van der Waals surface area contributed by atoms with Gasteiger partial charge in [-0.2, -0.15) is 0 Å². The fourth-order valence-electron chi connectivity index (χ4n) is 0.775. The Kier molecular flexibility index (Phi) is 2.48. The number of carbonyl (C=O) groups is 1. The second kappa shape index (κ2) is 3.57. The zero-order chi connectivity index (χ0) is 8.97. The Balaban J connectivity index is 2.77. The Bertz CT molecular complexity index is 301. The molecule has 1 aromatic carbocycles. The fourth-order valence-corrected chi connectivity index (χ4v) is 0.775. The first-order valence-corrected chi connectivity index (χ1v) is 3.45. The van der Waals surface area contributed by atoms with Crippen LogP contribution in [0, 0.1) is 0 Å². The Morgan fingerprint density at radius 3 is 2.42 bits per heavy atom. The second-order valence-electron chi connectivity index (χ2n) is 2.34. The Labute approximate surface area is 70.1 Å². The van der Waals surface area contributed by atoms with Gasteiger partial charge in [-0.3, -0.25) is 0 Å². The molecule has 0 unspecified atom stereocenters. The van der Waals surface area contributed by atoms with Gasteiger partial charge in [-0.1, -0.05) is 12.1 Å². The van der Waals surface area contributed by atoms with Crippen molar-refractivity contribution in [2.24, 2.45) is 0 Å². The molecule has 1 rings (SSSR count). The molecule has 3 N–H and O–H groups in total. The van der Waals surface area contributed by atoms with E-state index in [4.69, 9.17) is 10.8 Å². The Morgan fingerprint density at radius 2 is 1.92 bits per heavy atom. The van der Waals surface area contributed by atoms with Crippen LogP contribution in [0.3, 0.4) is 0 Å². The summed E-state index contributed by atoms with van der Waals surface area (Å²) in [6, 6.07) is 6.96. The summed E-state index contributed by atoms with van der Waals surface area (Å²) in [5, 5.41) is 8.32. The zero-order valence-corrected chi connectivity index (χ0v) is 6.40. The van der Waals surface area contributed by atoms with Crippen LogP contribution in [-0.4, -0.2) is 11.1 Å². The highest BCUT2D eigenvalue weighted by Crippen LogP contribution is 2.06. The molecule has 0 bridgehead atoms. The van der Waals surface area contributed by atoms with E-state index in [0.29, 0.717) is 5.69 Å². The van der Waals surface area contributed by atoms with Gasteiger partial charge in [0, 0.05) is 11.8 Å². The first-order valence-electron chi connectivity index (χ1n) is 3.45. The molecular weight excluding hydrogens is 154 g/mol. The summed E-state index contributed by atoms with van der Waals surface area (Å²) in [4.78, 5) is 10.1. The number of nitrogen functional groups attached to an aromatic ring is 1. The first kappa shape index (κ1) is 8.33. The molecular formula is C9H9NO2. The predicted molar refractivity (Wildman–Crippen MR) is 47.5 cm³/mol. The summed E-state index contributed by atoms with van der Waals surface area (Å²) in [7, 11) is 0. The van der Waals surface area contributed by atoms with Crippen molar-refractivity contribution in [3.05, 3.63) is 35.9 Å². The van der Waals surface area contributed by atoms with Gasteiger partial charge in [0.2, 0.25) is 0 Å². The van der Waals surface area contributed by atoms with Gasteiger partial charge in [0.05, 0.1) is 0 Å². The molecule has 1 aromatic rings. The number of aliphatic carboxylic acids is 1. The van der Waals surface area contributed by atoms with Crippen LogP contribution >= 0.6 is 0 Å². The summed E-state index contributed by atoms with van der Waals surface area (Å²) >= 11 is 0. The third kappa shape index (κ3) is 2.46. The molecule has 0 aliphatic carbocycles. The van der Waals surface area contributed by atoms with Crippen molar-refractivity contribution in [1.29, 1.82) is 0 Å². The molecule has 3 heteroatoms. The second-order valence-corrected chi connectivity index (χ2v) is 2.34. The molecule has 62 valence electrons. The van der Waals surface area contributed by atoms with E-state index in [-0.39, 0.29) is 0 Å². The molecule has 0 amide bonds. The number of benzene rings is 1. The van der Waals surface area contributed by atoms with Crippen molar-refractivity contribution in [3.63, 3.8) is 0 Å². The molecule has 0 aliphatic rings. The topological polar surface area (TPSA) is 63.3 Å². The van der Waals surface area contributed by atoms with Crippen molar-refractivity contribution in [3.8, 4) is 0 Å². The van der Waals surface area contributed by atoms with E-state index >= 15 is 0 Å². The number of carboxylic acids is 1. The van der Waals surface area contributed by atoms with Gasteiger partial charge in [0.1, 0.15) is 0 Å². The summed E-state index contributed by atoms with van der Waals surface area (Å²) in [5.41, 5.74) is 6.94. The van der Waals surface area contributed by atoms with Crippen molar-refractivity contribution in [2.45, 2.75) is 0 Å². The van der Waals surface area contributed by atoms with Crippen LogP contribution in [0.5, 0.6) is 0 Å². The smallest absolute Gasteiger partial charge is 0.328 e. The molecule has 0 heterocycles. The number of hydrogen-bond donors (Lipinski definition) is 2. The standard InChI is InChI=1S/C9H9NO2/c10-8-4-1-7(2-5-8)3-6-9(11)12/h1-6H,10H2,(H,11,12)/b6-3+. The van der Waals surface area contributed by atoms with Gasteiger partial charge in [-0.15, -0.1) is 0 Å². The summed E-state index contributed by atoms with van der Waals surface area (Å²) in [5.74, 6) is -0.952. The van der Waals surface area contributed by atoms with Gasteiger partial charge in [-0.25, -0.2) is 4.79 Å². The largest absolute Gasteiger partial charge is 0.478 e. The predicted octanol–water partition coefficient (Wildman–Crippen LogP) is 1.37. The minimum atomic E-state index is -0.952. The van der Waals surface area contributed by atoms with Crippen molar-refractivity contribution < 1.29 is 9.90 Å². The maximum atomic E-state index is 10.1. The third-order valence-corrected chi connectivity index (χ3v) is 1.35. The van der Waals surface area contributed by atoms with Crippen LogP contribution in [0.25, 0.3) is 6.08 Å². The lowest BCUT2D eigenvalue weighted by molar-refractivity contribution is -0.131. The number of hydrogen-bond acceptors (Lipinski definition) is 2. The Hall–Kier alpha value is -1.77. The van der Waals surface area contributed by atoms with E-state index in [0.717, 1.165) is 11.6 Å². The number of rotatable bonds is 2. The minimum Gasteiger partial charge on any atom is -0.478 e. The van der Waals surface area contributed by atoms with Crippen LogP contribution in [0.1, 0.15) is 5.56 Å². The summed E-state index contributed by atoms with van der Waals surface area (Å²) in [6.07, 6.45) is 2.60. The van der Waals surface area contributed by atoms with Crippen LogP contribution in [0.4, 0.5) is 5.69 Å². The SMILES string of the molecule is Nc1ccc(/C=C/C(=O)O)cc1. The van der Waals surface area contributed by atoms with Gasteiger partial charge in [0.15, 0.2) is 0 Å². The maximum absolute atomic E-state index is 10.1. The lowest BCUT2D eigenvalue weighted by Crippen LogP contribution is -1.86. The normalized spacial score (nSPS) is 10.3. The number of anilines is 1. The van der Waals surface area contributed by atoms with Crippen molar-refractivity contribution >= 4 is 17.7 Å². The minimum absolute atomic E-state index is 0.669. The fraction of sp³-hybridized carbons (Fsp3) is 0. The molecule has 0 aromatic heterocycles. The molecule has 0 fully saturated rings. The Morgan fingerprint density at radius 1 is 1.33 bits per heavy atom. The van der Waals surface area contributed by atoms with E-state index in [1.165, 1.54) is 6.08 Å². The molecule has 12 heavy (non-hydrogen) atoms. The van der Waals surface area contributed by atoms with Crippen LogP contribution in [-0.2, 0) is 4.79 Å². The van der Waals surface area contributed by atoms with Crippen molar-refractivity contribution in [2.75, 3.05) is 5.73 Å². The summed E-state index contributed by atoms with van der Waals surface area (Å²) < 4.78 is 0. The lowest BCUT2D eigenvalue weighted by atomic mass is 10.2. The van der Waals surface area contributed by atoms with Crippen LogP contribution < -0.4 is 5.73 Å². The molecule has 0 saturated heterocycles. The number of carboxylic acid groups (broad SMARTS) is 1. The van der Waals surface area contributed by atoms with Crippen LogP contribution in [0.2, 0.25) is 0 Å². The molecule has 0 spiro atoms. The van der Waals surface area contributed by atoms with E-state index in [1.807, 2.05) is 0 Å². The zero-order valence-electron chi connectivity index (χ0n) is 6.40. The molecule has 3 nitrogen and oxygen atoms in total. The monoisotopic (exact) mass is 163 g/mol. The van der Waals surface area contributed by atoms with E-state index in [9.17, 15) is 4.79 Å². The maximum Gasteiger partial charge on any atom is 0.328 e.